The molecular formula is C31H36O8. The third-order valence-corrected chi connectivity index (χ3v) is 6.07. The zero-order chi connectivity index (χ0) is 27.9. The van der Waals surface area contributed by atoms with E-state index in [1.807, 2.05) is 0 Å². The number of unbranched alkanes of at least 4 members (excludes halogenated alkanes) is 4. The molecule has 0 saturated carbocycles. The normalized spacial score (nSPS) is 14.4. The van der Waals surface area contributed by atoms with Gasteiger partial charge < -0.3 is 23.7 Å². The van der Waals surface area contributed by atoms with Crippen molar-refractivity contribution in [2.24, 2.45) is 0 Å². The van der Waals surface area contributed by atoms with Crippen LogP contribution in [0.1, 0.15) is 61.7 Å². The van der Waals surface area contributed by atoms with Crippen molar-refractivity contribution in [3.63, 3.8) is 0 Å². The predicted molar refractivity (Wildman–Crippen MR) is 146 cm³/mol. The number of rotatable bonds is 17. The molecule has 0 aliphatic carbocycles. The van der Waals surface area contributed by atoms with E-state index < -0.39 is 11.9 Å². The molecule has 8 heteroatoms. The van der Waals surface area contributed by atoms with Crippen LogP contribution >= 0.6 is 0 Å². The van der Waals surface area contributed by atoms with Crippen molar-refractivity contribution in [1.82, 2.24) is 0 Å². The number of hydrogen-bond acceptors (Lipinski definition) is 8. The second kappa shape index (κ2) is 16.0. The molecule has 208 valence electrons. The first-order chi connectivity index (χ1) is 18.9. The molecule has 1 atom stereocenters. The van der Waals surface area contributed by atoms with Gasteiger partial charge in [0.15, 0.2) is 0 Å². The van der Waals surface area contributed by atoms with E-state index >= 15 is 0 Å². The van der Waals surface area contributed by atoms with Crippen molar-refractivity contribution in [2.75, 3.05) is 19.8 Å². The fourth-order valence-corrected chi connectivity index (χ4v) is 3.90. The summed E-state index contributed by atoms with van der Waals surface area (Å²) in [6, 6.07) is 13.7. The summed E-state index contributed by atoms with van der Waals surface area (Å²) in [6.45, 7) is 8.57. The summed E-state index contributed by atoms with van der Waals surface area (Å²) >= 11 is 0. The zero-order valence-electron chi connectivity index (χ0n) is 22.2. The van der Waals surface area contributed by atoms with Gasteiger partial charge in [-0.25, -0.2) is 14.4 Å². The average molecular weight is 537 g/mol. The van der Waals surface area contributed by atoms with Crippen LogP contribution in [0.4, 0.5) is 0 Å². The molecule has 1 aliphatic rings. The molecule has 0 radical (unpaired) electrons. The third kappa shape index (κ3) is 10.7. The molecule has 1 unspecified atom stereocenters. The lowest BCUT2D eigenvalue weighted by molar-refractivity contribution is -0.139. The lowest BCUT2D eigenvalue weighted by atomic mass is 10.1. The Labute approximate surface area is 229 Å². The van der Waals surface area contributed by atoms with Crippen molar-refractivity contribution in [1.29, 1.82) is 0 Å². The molecule has 0 spiro atoms. The van der Waals surface area contributed by atoms with Gasteiger partial charge in [0.2, 0.25) is 0 Å². The number of carbonyl (C=O) groups is 3. The highest BCUT2D eigenvalue weighted by Gasteiger charge is 2.26. The minimum atomic E-state index is -0.457. The largest absolute Gasteiger partial charge is 0.494 e. The molecule has 1 aliphatic heterocycles. The molecule has 8 nitrogen and oxygen atoms in total. The number of cyclic esters (lactones) is 1. The van der Waals surface area contributed by atoms with Crippen LogP contribution in [-0.4, -0.2) is 43.8 Å². The quantitative estimate of drug-likeness (QED) is 0.105. The standard InChI is InChI=1S/C31H36O8/c1-3-29(32)37-21-8-5-4-7-19-35-26-15-17-27(18-16-26)38-31(34)24-11-13-25(14-12-24)36-20-9-6-10-28-22-23(2)30(33)39-28/h3,11-18,28H,1-2,4-10,19-22H2. The van der Waals surface area contributed by atoms with E-state index in [1.165, 1.54) is 0 Å². The number of ether oxygens (including phenoxy) is 5. The molecule has 0 N–H and O–H groups in total. The first kappa shape index (κ1) is 29.5. The number of hydrogen-bond donors (Lipinski definition) is 0. The van der Waals surface area contributed by atoms with Crippen LogP contribution in [0.2, 0.25) is 0 Å². The smallest absolute Gasteiger partial charge is 0.343 e. The molecule has 3 rings (SSSR count). The number of benzene rings is 2. The molecule has 0 bridgehead atoms. The van der Waals surface area contributed by atoms with E-state index in [0.717, 1.165) is 51.0 Å². The molecular weight excluding hydrogens is 500 g/mol. The van der Waals surface area contributed by atoms with Crippen LogP contribution < -0.4 is 14.2 Å². The van der Waals surface area contributed by atoms with E-state index in [9.17, 15) is 14.4 Å². The molecule has 39 heavy (non-hydrogen) atoms. The Kier molecular flexibility index (Phi) is 12.1. The van der Waals surface area contributed by atoms with Crippen LogP contribution in [0.25, 0.3) is 0 Å². The average Bonchev–Trinajstić information content (AvgIpc) is 3.27. The van der Waals surface area contributed by atoms with Gasteiger partial charge >= 0.3 is 17.9 Å². The van der Waals surface area contributed by atoms with Crippen molar-refractivity contribution < 1.29 is 38.1 Å². The van der Waals surface area contributed by atoms with Crippen molar-refractivity contribution in [3.8, 4) is 17.2 Å². The van der Waals surface area contributed by atoms with Gasteiger partial charge in [-0.1, -0.05) is 13.2 Å². The van der Waals surface area contributed by atoms with Crippen molar-refractivity contribution >= 4 is 17.9 Å². The Bertz CT molecular complexity index is 1090. The lowest BCUT2D eigenvalue weighted by Gasteiger charge is -2.10. The number of esters is 3. The second-order valence-corrected chi connectivity index (χ2v) is 9.20. The highest BCUT2D eigenvalue weighted by atomic mass is 16.6. The summed E-state index contributed by atoms with van der Waals surface area (Å²) in [5, 5.41) is 0. The fraction of sp³-hybridized carbons (Fsp3) is 0.387. The topological polar surface area (TPSA) is 97.4 Å². The first-order valence-electron chi connectivity index (χ1n) is 13.3. The van der Waals surface area contributed by atoms with E-state index in [2.05, 4.69) is 13.2 Å². The molecule has 0 aromatic heterocycles. The highest BCUT2D eigenvalue weighted by Crippen LogP contribution is 2.23. The fourth-order valence-electron chi connectivity index (χ4n) is 3.90. The Morgan fingerprint density at radius 2 is 1.38 bits per heavy atom. The van der Waals surface area contributed by atoms with Gasteiger partial charge in [0, 0.05) is 18.1 Å². The van der Waals surface area contributed by atoms with Gasteiger partial charge in [0.25, 0.3) is 0 Å². The summed E-state index contributed by atoms with van der Waals surface area (Å²) in [7, 11) is 0. The molecule has 1 saturated heterocycles. The molecule has 0 amide bonds. The van der Waals surface area contributed by atoms with E-state index in [4.69, 9.17) is 23.7 Å². The van der Waals surface area contributed by atoms with E-state index in [-0.39, 0.29) is 12.1 Å². The van der Waals surface area contributed by atoms with Gasteiger partial charge in [-0.2, -0.15) is 0 Å². The van der Waals surface area contributed by atoms with E-state index in [1.54, 1.807) is 48.5 Å². The molecule has 1 fully saturated rings. The molecule has 2 aromatic carbocycles. The Morgan fingerprint density at radius 3 is 1.97 bits per heavy atom. The summed E-state index contributed by atoms with van der Waals surface area (Å²) in [5.74, 6) is 0.663. The minimum absolute atomic E-state index is 0.0663. The van der Waals surface area contributed by atoms with Crippen LogP contribution in [0.5, 0.6) is 17.2 Å². The maximum Gasteiger partial charge on any atom is 0.343 e. The Hall–Kier alpha value is -4.07. The summed E-state index contributed by atoms with van der Waals surface area (Å²) in [4.78, 5) is 34.8. The van der Waals surface area contributed by atoms with Crippen molar-refractivity contribution in [3.05, 3.63) is 78.9 Å². The van der Waals surface area contributed by atoms with E-state index in [0.29, 0.717) is 54.6 Å². The maximum atomic E-state index is 12.5. The molecule has 2 aromatic rings. The number of carbonyl (C=O) groups excluding carboxylic acids is 3. The van der Waals surface area contributed by atoms with Crippen LogP contribution in [0.15, 0.2) is 73.3 Å². The first-order valence-corrected chi connectivity index (χ1v) is 13.3. The summed E-state index contributed by atoms with van der Waals surface area (Å²) < 4.78 is 27.1. The Morgan fingerprint density at radius 1 is 0.821 bits per heavy atom. The van der Waals surface area contributed by atoms with Crippen LogP contribution in [0.3, 0.4) is 0 Å². The zero-order valence-corrected chi connectivity index (χ0v) is 22.2. The van der Waals surface area contributed by atoms with Gasteiger partial charge in [-0.05, 0) is 93.5 Å². The van der Waals surface area contributed by atoms with Gasteiger partial charge in [-0.3, -0.25) is 0 Å². The highest BCUT2D eigenvalue weighted by molar-refractivity contribution is 5.91. The Balaban J connectivity index is 1.27. The van der Waals surface area contributed by atoms with Gasteiger partial charge in [0.1, 0.15) is 23.4 Å². The maximum absolute atomic E-state index is 12.5. The third-order valence-electron chi connectivity index (χ3n) is 6.07. The predicted octanol–water partition coefficient (Wildman–Crippen LogP) is 6.00. The summed E-state index contributed by atoms with van der Waals surface area (Å²) in [6.07, 6.45) is 7.84. The lowest BCUT2D eigenvalue weighted by Crippen LogP contribution is -2.09. The SMILES string of the molecule is C=CC(=O)OCCCCCCOc1ccc(OC(=O)c2ccc(OCCCCC3CC(=C)C(=O)O3)cc2)cc1. The monoisotopic (exact) mass is 536 g/mol. The van der Waals surface area contributed by atoms with Crippen LogP contribution in [-0.2, 0) is 19.1 Å². The minimum Gasteiger partial charge on any atom is -0.494 e. The van der Waals surface area contributed by atoms with Gasteiger partial charge in [-0.15, -0.1) is 0 Å². The molecule has 1 heterocycles. The summed E-state index contributed by atoms with van der Waals surface area (Å²) in [5.41, 5.74) is 0.965. The van der Waals surface area contributed by atoms with Gasteiger partial charge in [0.05, 0.1) is 25.4 Å². The second-order valence-electron chi connectivity index (χ2n) is 9.20. The van der Waals surface area contributed by atoms with Crippen LogP contribution in [0, 0.1) is 0 Å². The van der Waals surface area contributed by atoms with Crippen molar-refractivity contribution in [2.45, 2.75) is 57.5 Å².